The molecule has 10 heteroatoms. The fourth-order valence-electron chi connectivity index (χ4n) is 9.64. The lowest BCUT2D eigenvalue weighted by Crippen LogP contribution is -2.62. The van der Waals surface area contributed by atoms with E-state index in [0.29, 0.717) is 12.8 Å². The molecular formula is C35H36FN3O4S2. The van der Waals surface area contributed by atoms with Gasteiger partial charge in [0, 0.05) is 5.41 Å². The number of hydrogen-bond donors (Lipinski definition) is 3. The summed E-state index contributed by atoms with van der Waals surface area (Å²) in [6.07, 6.45) is 7.60. The van der Waals surface area contributed by atoms with E-state index in [-0.39, 0.29) is 46.3 Å². The Hall–Kier alpha value is -3.05. The van der Waals surface area contributed by atoms with E-state index in [1.807, 2.05) is 17.8 Å². The Morgan fingerprint density at radius 2 is 1.98 bits per heavy atom. The Bertz CT molecular complexity index is 1870. The number of halogens is 1. The average molecular weight is 646 g/mol. The second-order valence-electron chi connectivity index (χ2n) is 14.0. The smallest absolute Gasteiger partial charge is 0.175 e. The van der Waals surface area contributed by atoms with Gasteiger partial charge < -0.3 is 15.3 Å². The molecule has 0 aliphatic heterocycles. The van der Waals surface area contributed by atoms with Crippen molar-refractivity contribution in [3.63, 3.8) is 0 Å². The molecule has 4 aliphatic carbocycles. The van der Waals surface area contributed by atoms with Crippen LogP contribution in [0.5, 0.6) is 5.75 Å². The molecule has 0 amide bonds. The monoisotopic (exact) mass is 645 g/mol. The van der Waals surface area contributed by atoms with Gasteiger partial charge >= 0.3 is 0 Å². The maximum Gasteiger partial charge on any atom is 0.175 e. The summed E-state index contributed by atoms with van der Waals surface area (Å²) in [6.45, 7) is 4.31. The summed E-state index contributed by atoms with van der Waals surface area (Å²) in [5.74, 6) is 0.169. The zero-order chi connectivity index (χ0) is 31.3. The molecule has 7 atom stereocenters. The maximum atomic E-state index is 13.8. The van der Waals surface area contributed by atoms with Crippen molar-refractivity contribution in [1.29, 1.82) is 0 Å². The van der Waals surface area contributed by atoms with Crippen LogP contribution in [0.4, 0.5) is 4.39 Å². The van der Waals surface area contributed by atoms with Gasteiger partial charge in [-0.25, -0.2) is 14.1 Å². The molecule has 4 aliphatic rings. The first kappa shape index (κ1) is 29.4. The summed E-state index contributed by atoms with van der Waals surface area (Å²) in [6, 6.07) is 11.4. The lowest BCUT2D eigenvalue weighted by Gasteiger charge is -2.60. The molecule has 45 heavy (non-hydrogen) atoms. The van der Waals surface area contributed by atoms with Crippen LogP contribution in [0.1, 0.15) is 57.2 Å². The molecule has 3 N–H and O–H groups in total. The number of benzene rings is 2. The van der Waals surface area contributed by atoms with Gasteiger partial charge in [0.25, 0.3) is 0 Å². The minimum Gasteiger partial charge on any atom is -0.508 e. The number of aromatic nitrogens is 3. The van der Waals surface area contributed by atoms with Crippen LogP contribution in [-0.2, 0) is 11.2 Å². The number of carbonyl (C=O) groups excluding carboxylic acids is 1. The summed E-state index contributed by atoms with van der Waals surface area (Å²) in [5.41, 5.74) is 2.57. The van der Waals surface area contributed by atoms with Crippen molar-refractivity contribution in [3.8, 4) is 11.4 Å². The second kappa shape index (κ2) is 10.2. The molecule has 0 saturated heterocycles. The van der Waals surface area contributed by atoms with Gasteiger partial charge in [-0.15, -0.1) is 11.3 Å². The lowest BCUT2D eigenvalue weighted by molar-refractivity contribution is -0.177. The summed E-state index contributed by atoms with van der Waals surface area (Å²) < 4.78 is 17.1. The fraction of sp³-hybridized carbons (Fsp3) is 0.457. The van der Waals surface area contributed by atoms with Gasteiger partial charge in [0.1, 0.15) is 17.2 Å². The zero-order valence-corrected chi connectivity index (χ0v) is 26.9. The highest BCUT2D eigenvalue weighted by Crippen LogP contribution is 2.67. The third-order valence-corrected chi connectivity index (χ3v) is 14.0. The predicted molar refractivity (Wildman–Crippen MR) is 173 cm³/mol. The van der Waals surface area contributed by atoms with Crippen molar-refractivity contribution in [3.05, 3.63) is 71.3 Å². The first-order valence-electron chi connectivity index (χ1n) is 15.7. The highest BCUT2D eigenvalue weighted by Gasteiger charge is 2.68. The molecular weight excluding hydrogens is 610 g/mol. The Labute approximate surface area is 269 Å². The number of nitrogens with zero attached hydrogens (tertiary/aromatic N) is 3. The fourth-order valence-corrected chi connectivity index (χ4v) is 11.7. The Morgan fingerprint density at radius 3 is 2.78 bits per heavy atom. The number of hydrogen-bond acceptors (Lipinski definition) is 8. The van der Waals surface area contributed by atoms with Crippen LogP contribution in [0.3, 0.4) is 0 Å². The van der Waals surface area contributed by atoms with E-state index >= 15 is 0 Å². The third kappa shape index (κ3) is 4.32. The molecule has 4 aromatic rings. The summed E-state index contributed by atoms with van der Waals surface area (Å²) in [5, 5.41) is 38.6. The molecule has 8 rings (SSSR count). The molecule has 5 unspecified atom stereocenters. The highest BCUT2D eigenvalue weighted by molar-refractivity contribution is 8.01. The number of thioether (sulfide) groups is 1. The molecule has 3 fully saturated rings. The van der Waals surface area contributed by atoms with Gasteiger partial charge in [-0.05, 0) is 116 Å². The van der Waals surface area contributed by atoms with Gasteiger partial charge in [0.05, 0.1) is 39.7 Å². The van der Waals surface area contributed by atoms with E-state index in [4.69, 9.17) is 0 Å². The standard InChI is InChI=1S/C35H36FN3O4S2/c1-33-15-19-17-37-39(22-6-4-21(36)5-7-22)27(19)13-20(33)3-9-24-25-11-12-35(43,34(25,2)16-28(41)31(24)33)30(42)18-44-32-38-26-10-8-23(40)14-29(26)45-32/h4-8,10,13-14,17,24-25,28,31,40-41,43H,3,9,11-12,15-16,18H2,1-2H3/t24?,25?,28-,31?,33?,34?,35-/m0/s1. The SMILES string of the molecule is CC12Cc3cnn(-c4ccc(F)cc4)c3C=C1CCC1C2[C@@H](O)CC2(C)C1CC[C@]2(O)C(=O)CSc1nc2ccc(O)cc2s1. The number of aliphatic hydroxyl groups is 2. The number of ketones is 1. The molecule has 0 spiro atoms. The lowest BCUT2D eigenvalue weighted by atomic mass is 9.45. The number of allylic oxidation sites excluding steroid dienone is 1. The third-order valence-electron chi connectivity index (χ3n) is 11.8. The minimum absolute atomic E-state index is 0.0175. The number of carbonyl (C=O) groups is 1. The zero-order valence-electron chi connectivity index (χ0n) is 25.2. The van der Waals surface area contributed by atoms with Gasteiger partial charge in [-0.3, -0.25) is 4.79 Å². The van der Waals surface area contributed by atoms with Crippen LogP contribution in [0.25, 0.3) is 22.0 Å². The Balaban J connectivity index is 1.04. The van der Waals surface area contributed by atoms with Crippen molar-refractivity contribution >= 4 is 45.2 Å². The summed E-state index contributed by atoms with van der Waals surface area (Å²) in [7, 11) is 0. The van der Waals surface area contributed by atoms with Crippen molar-refractivity contribution in [2.45, 2.75) is 68.4 Å². The molecule has 2 aromatic heterocycles. The predicted octanol–water partition coefficient (Wildman–Crippen LogP) is 6.57. The Kier molecular flexibility index (Phi) is 6.67. The van der Waals surface area contributed by atoms with Crippen LogP contribution in [0, 0.1) is 34.4 Å². The number of fused-ring (bicyclic) bond motifs is 7. The van der Waals surface area contributed by atoms with E-state index in [1.54, 1.807) is 30.3 Å². The van der Waals surface area contributed by atoms with E-state index < -0.39 is 17.1 Å². The molecule has 0 radical (unpaired) electrons. The van der Waals surface area contributed by atoms with E-state index in [0.717, 1.165) is 57.2 Å². The van der Waals surface area contributed by atoms with E-state index in [9.17, 15) is 24.5 Å². The Morgan fingerprint density at radius 1 is 1.18 bits per heavy atom. The number of phenols is 1. The van der Waals surface area contributed by atoms with E-state index in [1.165, 1.54) is 40.8 Å². The number of Topliss-reactive ketones (excluding diaryl/α,β-unsaturated/α-hetero) is 1. The average Bonchev–Trinajstić information content (AvgIpc) is 3.68. The largest absolute Gasteiger partial charge is 0.508 e. The first-order chi connectivity index (χ1) is 21.5. The van der Waals surface area contributed by atoms with Crippen LogP contribution in [0.15, 0.2) is 58.6 Å². The topological polar surface area (TPSA) is 108 Å². The van der Waals surface area contributed by atoms with Gasteiger partial charge in [0.2, 0.25) is 0 Å². The van der Waals surface area contributed by atoms with Crippen LogP contribution >= 0.6 is 23.1 Å². The van der Waals surface area contributed by atoms with Crippen LogP contribution < -0.4 is 0 Å². The number of phenolic OH excluding ortho intramolecular Hbond substituents is 1. The normalized spacial score (nSPS) is 33.7. The second-order valence-corrected chi connectivity index (χ2v) is 16.2. The molecule has 7 nitrogen and oxygen atoms in total. The quantitative estimate of drug-likeness (QED) is 0.211. The van der Waals surface area contributed by atoms with Crippen LogP contribution in [0.2, 0.25) is 0 Å². The molecule has 2 aromatic carbocycles. The summed E-state index contributed by atoms with van der Waals surface area (Å²) in [4.78, 5) is 18.4. The van der Waals surface area contributed by atoms with Crippen LogP contribution in [-0.4, -0.2) is 53.3 Å². The number of thiazole rings is 1. The van der Waals surface area contributed by atoms with Gasteiger partial charge in [-0.2, -0.15) is 5.10 Å². The first-order valence-corrected chi connectivity index (χ1v) is 17.5. The van der Waals surface area contributed by atoms with Crippen molar-refractivity contribution in [2.75, 3.05) is 5.75 Å². The molecule has 3 saturated carbocycles. The molecule has 0 bridgehead atoms. The number of aliphatic hydroxyl groups excluding tert-OH is 1. The summed E-state index contributed by atoms with van der Waals surface area (Å²) >= 11 is 2.77. The minimum atomic E-state index is -1.50. The number of aromatic hydroxyl groups is 1. The van der Waals surface area contributed by atoms with E-state index in [2.05, 4.69) is 23.1 Å². The van der Waals surface area contributed by atoms with Crippen molar-refractivity contribution in [1.82, 2.24) is 14.8 Å². The molecule has 2 heterocycles. The maximum absolute atomic E-state index is 13.8. The highest BCUT2D eigenvalue weighted by atomic mass is 32.2. The number of rotatable bonds is 5. The van der Waals surface area contributed by atoms with Crippen molar-refractivity contribution in [2.24, 2.45) is 28.6 Å². The van der Waals surface area contributed by atoms with Gasteiger partial charge in [0.15, 0.2) is 10.1 Å². The van der Waals surface area contributed by atoms with Crippen molar-refractivity contribution < 1.29 is 24.5 Å². The van der Waals surface area contributed by atoms with Gasteiger partial charge in [-0.1, -0.05) is 31.2 Å². The molecule has 234 valence electrons.